The van der Waals surface area contributed by atoms with Crippen LogP contribution in [0.3, 0.4) is 0 Å². The summed E-state index contributed by atoms with van der Waals surface area (Å²) >= 11 is 0. The Morgan fingerprint density at radius 2 is 2.00 bits per heavy atom. The summed E-state index contributed by atoms with van der Waals surface area (Å²) in [6.45, 7) is 4.38. The van der Waals surface area contributed by atoms with E-state index in [1.165, 1.54) is 37.7 Å². The summed E-state index contributed by atoms with van der Waals surface area (Å²) in [6.07, 6.45) is 10.6. The van der Waals surface area contributed by atoms with Gasteiger partial charge in [0.25, 0.3) is 0 Å². The van der Waals surface area contributed by atoms with Crippen molar-refractivity contribution in [3.05, 3.63) is 17.5 Å². The van der Waals surface area contributed by atoms with E-state index in [1.807, 2.05) is 11.7 Å². The molecular weight excluding hydrogens is 224 g/mol. The van der Waals surface area contributed by atoms with Crippen molar-refractivity contribution in [3.63, 3.8) is 0 Å². The Balaban J connectivity index is 2.49. The van der Waals surface area contributed by atoms with E-state index in [-0.39, 0.29) is 6.04 Å². The second-order valence-electron chi connectivity index (χ2n) is 4.98. The minimum Gasteiger partial charge on any atom is -0.275 e. The highest BCUT2D eigenvalue weighted by Gasteiger charge is 2.15. The molecule has 0 spiro atoms. The number of hydrazine groups is 1. The van der Waals surface area contributed by atoms with Crippen LogP contribution in [0.5, 0.6) is 0 Å². The number of nitrogens with one attached hydrogen (secondary N) is 1. The van der Waals surface area contributed by atoms with Crippen molar-refractivity contribution in [2.45, 2.75) is 64.8 Å². The Morgan fingerprint density at radius 3 is 2.61 bits per heavy atom. The third-order valence-electron chi connectivity index (χ3n) is 3.45. The van der Waals surface area contributed by atoms with E-state index in [2.05, 4.69) is 30.6 Å². The van der Waals surface area contributed by atoms with Crippen LogP contribution in [-0.4, -0.2) is 9.78 Å². The molecule has 0 aliphatic carbocycles. The Bertz CT molecular complexity index is 333. The number of unbranched alkanes of at least 4 members (excludes halogenated alkanes) is 4. The van der Waals surface area contributed by atoms with Crippen molar-refractivity contribution < 1.29 is 0 Å². The lowest BCUT2D eigenvalue weighted by Gasteiger charge is -2.15. The van der Waals surface area contributed by atoms with Gasteiger partial charge in [0, 0.05) is 24.8 Å². The van der Waals surface area contributed by atoms with E-state index < -0.39 is 0 Å². The molecule has 1 aromatic rings. The second-order valence-corrected chi connectivity index (χ2v) is 4.98. The Hall–Kier alpha value is -0.870. The number of hydrogen-bond acceptors (Lipinski definition) is 3. The average molecular weight is 252 g/mol. The maximum atomic E-state index is 5.69. The van der Waals surface area contributed by atoms with Crippen molar-refractivity contribution >= 4 is 0 Å². The lowest BCUT2D eigenvalue weighted by molar-refractivity contribution is 0.476. The molecule has 1 heterocycles. The van der Waals surface area contributed by atoms with Crippen LogP contribution in [0.15, 0.2) is 6.20 Å². The zero-order chi connectivity index (χ0) is 13.4. The summed E-state index contributed by atoms with van der Waals surface area (Å²) in [5.74, 6) is 5.69. The van der Waals surface area contributed by atoms with Gasteiger partial charge in [0.15, 0.2) is 0 Å². The number of hydrogen-bond donors (Lipinski definition) is 2. The van der Waals surface area contributed by atoms with Crippen molar-refractivity contribution in [2.24, 2.45) is 12.9 Å². The normalized spacial score (nSPS) is 12.9. The van der Waals surface area contributed by atoms with Gasteiger partial charge in [0.2, 0.25) is 0 Å². The summed E-state index contributed by atoms with van der Waals surface area (Å²) in [6, 6.07) is 0.246. The van der Waals surface area contributed by atoms with Gasteiger partial charge in [-0.3, -0.25) is 16.0 Å². The molecule has 0 bridgehead atoms. The average Bonchev–Trinajstić information content (AvgIpc) is 2.75. The fourth-order valence-corrected chi connectivity index (χ4v) is 2.40. The lowest BCUT2D eigenvalue weighted by Crippen LogP contribution is -2.28. The van der Waals surface area contributed by atoms with Gasteiger partial charge >= 0.3 is 0 Å². The highest BCUT2D eigenvalue weighted by atomic mass is 15.3. The zero-order valence-electron chi connectivity index (χ0n) is 12.1. The molecule has 0 radical (unpaired) electrons. The van der Waals surface area contributed by atoms with E-state index in [0.717, 1.165) is 18.5 Å². The van der Waals surface area contributed by atoms with Crippen molar-refractivity contribution in [2.75, 3.05) is 0 Å². The van der Waals surface area contributed by atoms with E-state index in [1.54, 1.807) is 0 Å². The molecule has 3 N–H and O–H groups in total. The van der Waals surface area contributed by atoms with Crippen LogP contribution in [0.2, 0.25) is 0 Å². The van der Waals surface area contributed by atoms with Gasteiger partial charge < -0.3 is 0 Å². The smallest absolute Gasteiger partial charge is 0.0670 e. The molecular formula is C14H28N4. The summed E-state index contributed by atoms with van der Waals surface area (Å²) in [4.78, 5) is 0. The fourth-order valence-electron chi connectivity index (χ4n) is 2.40. The minimum atomic E-state index is 0.246. The number of aromatic nitrogens is 2. The summed E-state index contributed by atoms with van der Waals surface area (Å²) in [7, 11) is 1.97. The van der Waals surface area contributed by atoms with Gasteiger partial charge in [-0.1, -0.05) is 46.0 Å². The molecule has 18 heavy (non-hydrogen) atoms. The first-order valence-corrected chi connectivity index (χ1v) is 7.21. The van der Waals surface area contributed by atoms with Crippen molar-refractivity contribution in [1.29, 1.82) is 0 Å². The summed E-state index contributed by atoms with van der Waals surface area (Å²) in [5, 5.41) is 4.48. The van der Waals surface area contributed by atoms with Crippen LogP contribution in [-0.2, 0) is 13.5 Å². The third kappa shape index (κ3) is 4.42. The maximum Gasteiger partial charge on any atom is 0.0670 e. The molecule has 1 rings (SSSR count). The first-order chi connectivity index (χ1) is 8.72. The predicted molar refractivity (Wildman–Crippen MR) is 76.0 cm³/mol. The van der Waals surface area contributed by atoms with Gasteiger partial charge in [-0.2, -0.15) is 5.10 Å². The van der Waals surface area contributed by atoms with Gasteiger partial charge in [-0.15, -0.1) is 0 Å². The molecule has 4 heteroatoms. The van der Waals surface area contributed by atoms with Crippen LogP contribution < -0.4 is 11.3 Å². The molecule has 0 amide bonds. The summed E-state index contributed by atoms with van der Waals surface area (Å²) in [5.41, 5.74) is 5.37. The Kier molecular flexibility index (Phi) is 6.98. The monoisotopic (exact) mass is 252 g/mol. The molecule has 1 aromatic heterocycles. The molecule has 0 saturated carbocycles. The molecule has 1 atom stereocenters. The summed E-state index contributed by atoms with van der Waals surface area (Å²) < 4.78 is 1.88. The quantitative estimate of drug-likeness (QED) is 0.404. The number of aryl methyl sites for hydroxylation is 2. The maximum absolute atomic E-state index is 5.69. The SMILES string of the molecule is CCCCCCCC(NN)c1cn(C)nc1CC. The van der Waals surface area contributed by atoms with Crippen molar-refractivity contribution in [1.82, 2.24) is 15.2 Å². The molecule has 104 valence electrons. The molecule has 0 aromatic carbocycles. The molecule has 0 saturated heterocycles. The van der Waals surface area contributed by atoms with E-state index in [9.17, 15) is 0 Å². The largest absolute Gasteiger partial charge is 0.275 e. The van der Waals surface area contributed by atoms with Crippen LogP contribution in [0.25, 0.3) is 0 Å². The topological polar surface area (TPSA) is 55.9 Å². The highest BCUT2D eigenvalue weighted by Crippen LogP contribution is 2.22. The number of nitrogens with zero attached hydrogens (tertiary/aromatic N) is 2. The zero-order valence-corrected chi connectivity index (χ0v) is 12.1. The first-order valence-electron chi connectivity index (χ1n) is 7.21. The molecule has 0 aliphatic rings. The van der Waals surface area contributed by atoms with Gasteiger partial charge in [-0.05, 0) is 12.8 Å². The third-order valence-corrected chi connectivity index (χ3v) is 3.45. The predicted octanol–water partition coefficient (Wildman–Crippen LogP) is 2.85. The van der Waals surface area contributed by atoms with Crippen molar-refractivity contribution in [3.8, 4) is 0 Å². The standard InChI is InChI=1S/C14H28N4/c1-4-6-7-8-9-10-14(16-15)12-11-18(3)17-13(12)5-2/h11,14,16H,4-10,15H2,1-3H3. The van der Waals surface area contributed by atoms with Gasteiger partial charge in [0.05, 0.1) is 5.69 Å². The minimum absolute atomic E-state index is 0.246. The molecule has 0 fully saturated rings. The first kappa shape index (κ1) is 15.2. The Labute approximate surface area is 111 Å². The van der Waals surface area contributed by atoms with Crippen LogP contribution in [0.1, 0.15) is 69.7 Å². The Morgan fingerprint density at radius 1 is 1.28 bits per heavy atom. The highest BCUT2D eigenvalue weighted by molar-refractivity contribution is 5.21. The van der Waals surface area contributed by atoms with Gasteiger partial charge in [0.1, 0.15) is 0 Å². The molecule has 4 nitrogen and oxygen atoms in total. The number of rotatable bonds is 9. The molecule has 1 unspecified atom stereocenters. The van der Waals surface area contributed by atoms with Gasteiger partial charge in [-0.25, -0.2) is 0 Å². The second kappa shape index (κ2) is 8.27. The molecule has 0 aliphatic heterocycles. The van der Waals surface area contributed by atoms with E-state index >= 15 is 0 Å². The van der Waals surface area contributed by atoms with Crippen LogP contribution in [0.4, 0.5) is 0 Å². The van der Waals surface area contributed by atoms with Crippen LogP contribution in [0, 0.1) is 0 Å². The van der Waals surface area contributed by atoms with E-state index in [4.69, 9.17) is 5.84 Å². The lowest BCUT2D eigenvalue weighted by atomic mass is 10.00. The van der Waals surface area contributed by atoms with Crippen LogP contribution >= 0.6 is 0 Å². The number of nitrogens with two attached hydrogens (primary N) is 1. The fraction of sp³-hybridized carbons (Fsp3) is 0.786. The van der Waals surface area contributed by atoms with E-state index in [0.29, 0.717) is 0 Å².